The molecule has 0 N–H and O–H groups in total. The van der Waals surface area contributed by atoms with Crippen LogP contribution in [0.5, 0.6) is 11.5 Å². The minimum atomic E-state index is -0.655. The van der Waals surface area contributed by atoms with E-state index in [9.17, 15) is 5.26 Å². The quantitative estimate of drug-likeness (QED) is 0.650. The van der Waals surface area contributed by atoms with Crippen LogP contribution in [0.1, 0.15) is 19.4 Å². The van der Waals surface area contributed by atoms with Crippen LogP contribution < -0.4 is 4.74 Å². The lowest BCUT2D eigenvalue weighted by atomic mass is 9.89. The summed E-state index contributed by atoms with van der Waals surface area (Å²) in [4.78, 5) is 0. The fourth-order valence-electron chi connectivity index (χ4n) is 3.52. The molecule has 1 aliphatic rings. The van der Waals surface area contributed by atoms with Crippen molar-refractivity contribution in [2.45, 2.75) is 19.3 Å². The third kappa shape index (κ3) is 2.69. The van der Waals surface area contributed by atoms with E-state index in [0.717, 1.165) is 11.3 Å². The van der Waals surface area contributed by atoms with E-state index in [1.165, 1.54) is 0 Å². The summed E-state index contributed by atoms with van der Waals surface area (Å²) in [7, 11) is 0. The van der Waals surface area contributed by atoms with Crippen molar-refractivity contribution < 1.29 is 4.74 Å². The predicted molar refractivity (Wildman–Crippen MR) is 97.3 cm³/mol. The summed E-state index contributed by atoms with van der Waals surface area (Å²) in [6.07, 6.45) is 1.76. The third-order valence-electron chi connectivity index (χ3n) is 4.91. The summed E-state index contributed by atoms with van der Waals surface area (Å²) in [6.45, 7) is 4.11. The van der Waals surface area contributed by atoms with Gasteiger partial charge in [0.05, 0.1) is 11.5 Å². The van der Waals surface area contributed by atoms with Crippen molar-refractivity contribution in [3.63, 3.8) is 0 Å². The van der Waals surface area contributed by atoms with Crippen LogP contribution in [0.2, 0.25) is 0 Å². The van der Waals surface area contributed by atoms with Crippen LogP contribution in [0, 0.1) is 22.7 Å². The molecule has 1 aliphatic carbocycles. The highest BCUT2D eigenvalue weighted by atomic mass is 35.5. The highest BCUT2D eigenvalue weighted by Crippen LogP contribution is 2.70. The van der Waals surface area contributed by atoms with E-state index in [0.29, 0.717) is 5.75 Å². The first-order valence-corrected chi connectivity index (χ1v) is 8.45. The van der Waals surface area contributed by atoms with Gasteiger partial charge in [-0.2, -0.15) is 5.26 Å². The van der Waals surface area contributed by atoms with Crippen molar-refractivity contribution in [2.75, 3.05) is 0 Å². The van der Waals surface area contributed by atoms with E-state index < -0.39 is 5.41 Å². The largest absolute Gasteiger partial charge is 0.457 e. The van der Waals surface area contributed by atoms with Gasteiger partial charge in [-0.25, -0.2) is 0 Å². The number of nitriles is 1. The van der Waals surface area contributed by atoms with Crippen LogP contribution in [-0.4, -0.2) is 0 Å². The van der Waals surface area contributed by atoms with E-state index in [1.54, 1.807) is 6.08 Å². The van der Waals surface area contributed by atoms with Gasteiger partial charge in [0.2, 0.25) is 0 Å². The zero-order valence-corrected chi connectivity index (χ0v) is 15.0. The Bertz CT molecular complexity index is 819. The second-order valence-electron chi connectivity index (χ2n) is 6.52. The molecule has 0 heterocycles. The summed E-state index contributed by atoms with van der Waals surface area (Å²) in [6, 6.07) is 19.7. The molecule has 2 unspecified atom stereocenters. The van der Waals surface area contributed by atoms with Gasteiger partial charge >= 0.3 is 0 Å². The van der Waals surface area contributed by atoms with E-state index in [4.69, 9.17) is 27.9 Å². The maximum Gasteiger partial charge on any atom is 0.127 e. The van der Waals surface area contributed by atoms with Crippen molar-refractivity contribution >= 4 is 23.2 Å². The molecule has 0 amide bonds. The number of hydrogen-bond donors (Lipinski definition) is 0. The number of rotatable bonds is 4. The summed E-state index contributed by atoms with van der Waals surface area (Å²) in [5.74, 6) is 1.43. The molecule has 2 atom stereocenters. The third-order valence-corrected chi connectivity index (χ3v) is 5.17. The Morgan fingerprint density at radius 1 is 1.08 bits per heavy atom. The van der Waals surface area contributed by atoms with Crippen molar-refractivity contribution in [1.29, 1.82) is 5.26 Å². The first-order valence-electron chi connectivity index (χ1n) is 7.69. The van der Waals surface area contributed by atoms with Crippen LogP contribution in [0.25, 0.3) is 0 Å². The Balaban J connectivity index is 1.96. The first kappa shape index (κ1) is 16.9. The molecule has 3 rings (SSSR count). The maximum atomic E-state index is 9.90. The molecule has 0 saturated heterocycles. The molecular formula is C20H17Cl2NO. The number of halogens is 2. The maximum absolute atomic E-state index is 9.90. The molecule has 122 valence electrons. The van der Waals surface area contributed by atoms with E-state index >= 15 is 0 Å². The minimum absolute atomic E-state index is 0.0352. The summed E-state index contributed by atoms with van der Waals surface area (Å²) in [5.41, 5.74) is 0.0134. The first-order chi connectivity index (χ1) is 11.4. The van der Waals surface area contributed by atoms with Crippen LogP contribution in [0.3, 0.4) is 0 Å². The number of hydrogen-bond acceptors (Lipinski definition) is 2. The topological polar surface area (TPSA) is 33.0 Å². The van der Waals surface area contributed by atoms with E-state index in [1.807, 2.05) is 54.6 Å². The molecule has 1 saturated carbocycles. The average Bonchev–Trinajstić information content (AvgIpc) is 3.03. The predicted octanol–water partition coefficient (Wildman–Crippen LogP) is 6.22. The van der Waals surface area contributed by atoms with Crippen LogP contribution in [0.15, 0.2) is 65.2 Å². The molecule has 2 aromatic carbocycles. The lowest BCUT2D eigenvalue weighted by Crippen LogP contribution is -2.12. The zero-order chi connectivity index (χ0) is 17.4. The number of allylic oxidation sites excluding steroid dienone is 1. The number of nitrogens with zero attached hydrogens (tertiary/aromatic N) is 1. The number of benzene rings is 2. The van der Waals surface area contributed by atoms with Gasteiger partial charge in [0.25, 0.3) is 0 Å². The van der Waals surface area contributed by atoms with Gasteiger partial charge in [0.1, 0.15) is 16.0 Å². The number of para-hydroxylation sites is 1. The second kappa shape index (κ2) is 6.16. The summed E-state index contributed by atoms with van der Waals surface area (Å²) < 4.78 is 6.09. The van der Waals surface area contributed by atoms with E-state index in [2.05, 4.69) is 19.9 Å². The van der Waals surface area contributed by atoms with Gasteiger partial charge in [0, 0.05) is 5.92 Å². The summed E-state index contributed by atoms with van der Waals surface area (Å²) >= 11 is 11.7. The van der Waals surface area contributed by atoms with Crippen LogP contribution in [-0.2, 0) is 5.41 Å². The lowest BCUT2D eigenvalue weighted by molar-refractivity contribution is 0.480. The molecule has 4 heteroatoms. The Hall–Kier alpha value is -1.95. The van der Waals surface area contributed by atoms with Gasteiger partial charge in [-0.1, -0.05) is 67.4 Å². The molecule has 0 bridgehead atoms. The monoisotopic (exact) mass is 357 g/mol. The van der Waals surface area contributed by atoms with Crippen LogP contribution >= 0.6 is 23.2 Å². The van der Waals surface area contributed by atoms with Crippen LogP contribution in [0.4, 0.5) is 0 Å². The van der Waals surface area contributed by atoms with Gasteiger partial charge in [-0.3, -0.25) is 0 Å². The molecule has 2 aromatic rings. The van der Waals surface area contributed by atoms with E-state index in [-0.39, 0.29) is 15.8 Å². The van der Waals surface area contributed by atoms with Crippen molar-refractivity contribution in [3.8, 4) is 17.6 Å². The smallest absolute Gasteiger partial charge is 0.127 e. The Kier molecular flexibility index (Phi) is 4.34. The van der Waals surface area contributed by atoms with Gasteiger partial charge in [-0.15, -0.1) is 0 Å². The molecule has 0 radical (unpaired) electrons. The molecule has 24 heavy (non-hydrogen) atoms. The zero-order valence-electron chi connectivity index (χ0n) is 13.5. The fraction of sp³-hybridized carbons (Fsp3) is 0.250. The van der Waals surface area contributed by atoms with Gasteiger partial charge < -0.3 is 4.74 Å². The second-order valence-corrected chi connectivity index (χ2v) is 7.53. The van der Waals surface area contributed by atoms with Crippen molar-refractivity contribution in [1.82, 2.24) is 0 Å². The molecule has 2 nitrogen and oxygen atoms in total. The molecular weight excluding hydrogens is 341 g/mol. The molecule has 1 fully saturated rings. The minimum Gasteiger partial charge on any atom is -0.457 e. The van der Waals surface area contributed by atoms with Crippen molar-refractivity contribution in [3.05, 3.63) is 70.7 Å². The lowest BCUT2D eigenvalue weighted by Gasteiger charge is -2.14. The Morgan fingerprint density at radius 3 is 2.38 bits per heavy atom. The van der Waals surface area contributed by atoms with Gasteiger partial charge in [0.15, 0.2) is 0 Å². The normalized spacial score (nSPS) is 23.9. The highest BCUT2D eigenvalue weighted by molar-refractivity contribution is 6.55. The Labute approximate surface area is 152 Å². The SMILES string of the molecule is CC1(C)C(C=C(Cl)Cl)C1(C#N)c1cccc(Oc2ccccc2)c1. The summed E-state index contributed by atoms with van der Waals surface area (Å²) in [5, 5.41) is 9.90. The number of ether oxygens (including phenoxy) is 1. The van der Waals surface area contributed by atoms with Crippen molar-refractivity contribution in [2.24, 2.45) is 11.3 Å². The molecule has 0 aromatic heterocycles. The molecule has 0 spiro atoms. The van der Waals surface area contributed by atoms with Gasteiger partial charge in [-0.05, 0) is 41.3 Å². The molecule has 0 aliphatic heterocycles. The Morgan fingerprint density at radius 2 is 1.75 bits per heavy atom. The average molecular weight is 358 g/mol. The highest BCUT2D eigenvalue weighted by Gasteiger charge is 2.71. The fourth-order valence-corrected chi connectivity index (χ4v) is 3.77. The standard InChI is InChI=1S/C20H17Cl2NO/c1-19(2)17(12-18(21)22)20(19,13-23)14-7-6-10-16(11-14)24-15-8-4-3-5-9-15/h3-12,17H,1-2H3.